The van der Waals surface area contributed by atoms with Crippen LogP contribution in [0.15, 0.2) is 48.5 Å². The highest BCUT2D eigenvalue weighted by molar-refractivity contribution is 5.92. The first-order valence-corrected chi connectivity index (χ1v) is 11.1. The van der Waals surface area contributed by atoms with Crippen LogP contribution in [0.3, 0.4) is 0 Å². The van der Waals surface area contributed by atoms with Gasteiger partial charge < -0.3 is 25.4 Å². The van der Waals surface area contributed by atoms with Crippen molar-refractivity contribution >= 4 is 17.5 Å². The molecule has 1 aliphatic rings. The number of hydrogen-bond acceptors (Lipinski definition) is 5. The molecule has 0 aliphatic carbocycles. The first-order valence-electron chi connectivity index (χ1n) is 11.1. The number of anilines is 1. The molecule has 0 fully saturated rings. The Morgan fingerprint density at radius 3 is 2.69 bits per heavy atom. The minimum atomic E-state index is -0.282. The molecule has 172 valence electrons. The summed E-state index contributed by atoms with van der Waals surface area (Å²) >= 11 is 0. The van der Waals surface area contributed by atoms with E-state index in [9.17, 15) is 14.7 Å². The summed E-state index contributed by atoms with van der Waals surface area (Å²) in [6.45, 7) is 4.93. The van der Waals surface area contributed by atoms with Gasteiger partial charge in [0.25, 0.3) is 0 Å². The van der Waals surface area contributed by atoms with Gasteiger partial charge in [-0.1, -0.05) is 37.3 Å². The standard InChI is InChI=1S/C25H33N3O4/c1-17-15-28(18(2)16-29)25(31)13-20-12-21(9-10-22(20)32-23(17)14-26-3)27-24(30)11-19-7-5-4-6-8-19/h4-10,12,17-18,23,26,29H,11,13-16H2,1-3H3,(H,27,30)/t17-,18+,23+/m1/s1. The van der Waals surface area contributed by atoms with Gasteiger partial charge in [-0.15, -0.1) is 0 Å². The number of carbonyl (C=O) groups is 2. The molecular weight excluding hydrogens is 406 g/mol. The maximum absolute atomic E-state index is 13.1. The molecule has 3 rings (SSSR count). The van der Waals surface area contributed by atoms with Gasteiger partial charge in [-0.25, -0.2) is 0 Å². The minimum Gasteiger partial charge on any atom is -0.488 e. The molecular formula is C25H33N3O4. The summed E-state index contributed by atoms with van der Waals surface area (Å²) in [4.78, 5) is 27.4. The number of ether oxygens (including phenoxy) is 1. The molecule has 1 heterocycles. The van der Waals surface area contributed by atoms with Crippen LogP contribution in [0, 0.1) is 5.92 Å². The number of nitrogens with one attached hydrogen (secondary N) is 2. The van der Waals surface area contributed by atoms with E-state index >= 15 is 0 Å². The van der Waals surface area contributed by atoms with Crippen LogP contribution in [0.2, 0.25) is 0 Å². The monoisotopic (exact) mass is 439 g/mol. The number of aliphatic hydroxyl groups is 1. The van der Waals surface area contributed by atoms with Gasteiger partial charge in [-0.05, 0) is 37.7 Å². The van der Waals surface area contributed by atoms with Crippen molar-refractivity contribution in [3.63, 3.8) is 0 Å². The fraction of sp³-hybridized carbons (Fsp3) is 0.440. The highest BCUT2D eigenvalue weighted by Gasteiger charge is 2.30. The molecule has 7 heteroatoms. The van der Waals surface area contributed by atoms with Gasteiger partial charge in [0.1, 0.15) is 11.9 Å². The molecule has 3 atom stereocenters. The van der Waals surface area contributed by atoms with Gasteiger partial charge in [-0.3, -0.25) is 9.59 Å². The number of amides is 2. The number of carbonyl (C=O) groups excluding carboxylic acids is 2. The third kappa shape index (κ3) is 6.08. The summed E-state index contributed by atoms with van der Waals surface area (Å²) in [5.74, 6) is 0.520. The Balaban J connectivity index is 1.85. The summed E-state index contributed by atoms with van der Waals surface area (Å²) < 4.78 is 6.32. The first-order chi connectivity index (χ1) is 15.4. The van der Waals surface area contributed by atoms with E-state index in [-0.39, 0.29) is 49.3 Å². The Morgan fingerprint density at radius 1 is 1.25 bits per heavy atom. The number of nitrogens with zero attached hydrogens (tertiary/aromatic N) is 1. The number of benzene rings is 2. The molecule has 3 N–H and O–H groups in total. The largest absolute Gasteiger partial charge is 0.488 e. The van der Waals surface area contributed by atoms with Crippen LogP contribution in [-0.4, -0.2) is 60.7 Å². The van der Waals surface area contributed by atoms with Gasteiger partial charge in [0.15, 0.2) is 0 Å². The molecule has 0 spiro atoms. The lowest BCUT2D eigenvalue weighted by atomic mass is 10.0. The number of likely N-dealkylation sites (N-methyl/N-ethyl adjacent to an activating group) is 1. The van der Waals surface area contributed by atoms with E-state index in [4.69, 9.17) is 4.74 Å². The summed E-state index contributed by atoms with van der Waals surface area (Å²) in [6.07, 6.45) is 0.273. The molecule has 2 amide bonds. The Bertz CT molecular complexity index is 919. The minimum absolute atomic E-state index is 0.0663. The number of aliphatic hydroxyl groups excluding tert-OH is 1. The molecule has 2 aromatic rings. The lowest BCUT2D eigenvalue weighted by Crippen LogP contribution is -2.47. The molecule has 0 bridgehead atoms. The molecule has 1 aliphatic heterocycles. The third-order valence-electron chi connectivity index (χ3n) is 5.81. The zero-order chi connectivity index (χ0) is 23.1. The second-order valence-corrected chi connectivity index (χ2v) is 8.48. The molecule has 32 heavy (non-hydrogen) atoms. The number of rotatable bonds is 7. The Kier molecular flexibility index (Phi) is 8.25. The third-order valence-corrected chi connectivity index (χ3v) is 5.81. The predicted octanol–water partition coefficient (Wildman–Crippen LogP) is 2.24. The highest BCUT2D eigenvalue weighted by Crippen LogP contribution is 2.29. The van der Waals surface area contributed by atoms with Crippen LogP contribution in [-0.2, 0) is 22.4 Å². The van der Waals surface area contributed by atoms with Crippen LogP contribution >= 0.6 is 0 Å². The lowest BCUT2D eigenvalue weighted by Gasteiger charge is -2.32. The van der Waals surface area contributed by atoms with Crippen LogP contribution in [0.1, 0.15) is 25.0 Å². The predicted molar refractivity (Wildman–Crippen MR) is 125 cm³/mol. The Morgan fingerprint density at radius 2 is 2.00 bits per heavy atom. The van der Waals surface area contributed by atoms with Gasteiger partial charge in [0.2, 0.25) is 11.8 Å². The molecule has 2 aromatic carbocycles. The van der Waals surface area contributed by atoms with Crippen molar-refractivity contribution in [1.29, 1.82) is 0 Å². The molecule has 0 saturated heterocycles. The van der Waals surface area contributed by atoms with E-state index < -0.39 is 0 Å². The maximum Gasteiger partial charge on any atom is 0.228 e. The van der Waals surface area contributed by atoms with E-state index in [2.05, 4.69) is 17.6 Å². The molecule has 0 radical (unpaired) electrons. The van der Waals surface area contributed by atoms with Crippen molar-refractivity contribution in [1.82, 2.24) is 10.2 Å². The zero-order valence-electron chi connectivity index (χ0n) is 19.0. The number of hydrogen-bond donors (Lipinski definition) is 3. The van der Waals surface area contributed by atoms with Crippen molar-refractivity contribution in [2.45, 2.75) is 38.8 Å². The van der Waals surface area contributed by atoms with Crippen LogP contribution in [0.5, 0.6) is 5.75 Å². The van der Waals surface area contributed by atoms with Gasteiger partial charge in [0, 0.05) is 30.3 Å². The van der Waals surface area contributed by atoms with Crippen LogP contribution in [0.4, 0.5) is 5.69 Å². The van der Waals surface area contributed by atoms with Crippen molar-refractivity contribution in [2.75, 3.05) is 32.1 Å². The summed E-state index contributed by atoms with van der Waals surface area (Å²) in [5, 5.41) is 15.8. The van der Waals surface area contributed by atoms with Crippen LogP contribution in [0.25, 0.3) is 0 Å². The first kappa shape index (κ1) is 23.8. The van der Waals surface area contributed by atoms with Gasteiger partial charge in [-0.2, -0.15) is 0 Å². The average molecular weight is 440 g/mol. The van der Waals surface area contributed by atoms with Crippen molar-refractivity contribution in [3.05, 3.63) is 59.7 Å². The Hall–Kier alpha value is -2.90. The van der Waals surface area contributed by atoms with E-state index in [1.807, 2.05) is 56.4 Å². The van der Waals surface area contributed by atoms with Crippen molar-refractivity contribution in [2.24, 2.45) is 5.92 Å². The molecule has 0 saturated carbocycles. The summed E-state index contributed by atoms with van der Waals surface area (Å²) in [7, 11) is 1.87. The fourth-order valence-electron chi connectivity index (χ4n) is 3.94. The topological polar surface area (TPSA) is 90.9 Å². The van der Waals surface area contributed by atoms with Gasteiger partial charge >= 0.3 is 0 Å². The van der Waals surface area contributed by atoms with Crippen LogP contribution < -0.4 is 15.4 Å². The normalized spacial score (nSPS) is 19.8. The quantitative estimate of drug-likeness (QED) is 0.616. The average Bonchev–Trinajstić information content (AvgIpc) is 2.82. The van der Waals surface area contributed by atoms with Crippen molar-refractivity contribution < 1.29 is 19.4 Å². The molecule has 7 nitrogen and oxygen atoms in total. The molecule has 0 aromatic heterocycles. The summed E-state index contributed by atoms with van der Waals surface area (Å²) in [5.41, 5.74) is 2.28. The van der Waals surface area contributed by atoms with Gasteiger partial charge in [0.05, 0.1) is 25.5 Å². The molecule has 0 unspecified atom stereocenters. The van der Waals surface area contributed by atoms with Crippen molar-refractivity contribution in [3.8, 4) is 5.75 Å². The number of fused-ring (bicyclic) bond motifs is 1. The lowest BCUT2D eigenvalue weighted by molar-refractivity contribution is -0.134. The SMILES string of the molecule is CNC[C@@H]1Oc2ccc(NC(=O)Cc3ccccc3)cc2CC(=O)N([C@@H](C)CO)C[C@H]1C. The highest BCUT2D eigenvalue weighted by atomic mass is 16.5. The van der Waals surface area contributed by atoms with E-state index in [1.54, 1.807) is 11.0 Å². The van der Waals surface area contributed by atoms with E-state index in [0.29, 0.717) is 24.5 Å². The summed E-state index contributed by atoms with van der Waals surface area (Å²) in [6, 6.07) is 14.7. The second-order valence-electron chi connectivity index (χ2n) is 8.48. The smallest absolute Gasteiger partial charge is 0.228 e. The zero-order valence-corrected chi connectivity index (χ0v) is 19.0. The maximum atomic E-state index is 13.1. The second kappa shape index (κ2) is 11.1. The Labute approximate surface area is 189 Å². The fourth-order valence-corrected chi connectivity index (χ4v) is 3.94. The van der Waals surface area contributed by atoms with E-state index in [1.165, 1.54) is 0 Å². The van der Waals surface area contributed by atoms with E-state index in [0.717, 1.165) is 11.1 Å².